The maximum atomic E-state index is 6.05. The summed E-state index contributed by atoms with van der Waals surface area (Å²) >= 11 is 7.61. The molecular weight excluding hydrogens is 232 g/mol. The van der Waals surface area contributed by atoms with Crippen molar-refractivity contribution in [2.75, 3.05) is 25.6 Å². The molecule has 0 bridgehead atoms. The lowest BCUT2D eigenvalue weighted by atomic mass is 10.3. The number of methoxy groups -OCH3 is 1. The Balaban J connectivity index is 2.20. The smallest absolute Gasteiger partial charge is 0.183 e. The van der Waals surface area contributed by atoms with Crippen LogP contribution in [0.5, 0.6) is 0 Å². The average Bonchev–Trinajstić information content (AvgIpc) is 2.63. The molecule has 0 atom stereocenters. The van der Waals surface area contributed by atoms with Crippen LogP contribution in [0, 0.1) is 0 Å². The highest BCUT2D eigenvalue weighted by molar-refractivity contribution is 7.22. The maximum absolute atomic E-state index is 6.05. The molecule has 5 heteroatoms. The molecule has 0 saturated carbocycles. The van der Waals surface area contributed by atoms with Gasteiger partial charge < -0.3 is 10.1 Å². The van der Waals surface area contributed by atoms with E-state index in [0.29, 0.717) is 6.61 Å². The van der Waals surface area contributed by atoms with Gasteiger partial charge in [0.25, 0.3) is 0 Å². The van der Waals surface area contributed by atoms with Crippen LogP contribution < -0.4 is 5.32 Å². The van der Waals surface area contributed by atoms with E-state index in [4.69, 9.17) is 16.3 Å². The van der Waals surface area contributed by atoms with E-state index in [0.717, 1.165) is 26.9 Å². The zero-order valence-electron chi connectivity index (χ0n) is 8.29. The zero-order valence-corrected chi connectivity index (χ0v) is 9.86. The standard InChI is InChI=1S/C10H11ClN2OS/c1-14-6-5-12-10-13-8-4-2-3-7(11)9(8)15-10/h2-4H,5-6H2,1H3,(H,12,13). The molecule has 0 unspecified atom stereocenters. The molecular formula is C10H11ClN2OS. The minimum atomic E-state index is 0.670. The normalized spacial score (nSPS) is 10.8. The first kappa shape index (κ1) is 10.7. The van der Waals surface area contributed by atoms with Gasteiger partial charge in [-0.05, 0) is 12.1 Å². The fraction of sp³-hybridized carbons (Fsp3) is 0.300. The Morgan fingerprint density at radius 1 is 1.53 bits per heavy atom. The van der Waals surface area contributed by atoms with E-state index >= 15 is 0 Å². The number of anilines is 1. The third-order valence-corrected chi connectivity index (χ3v) is 3.44. The van der Waals surface area contributed by atoms with E-state index in [1.165, 1.54) is 0 Å². The first-order chi connectivity index (χ1) is 7.31. The zero-order chi connectivity index (χ0) is 10.7. The van der Waals surface area contributed by atoms with Crippen molar-refractivity contribution in [1.82, 2.24) is 4.98 Å². The second kappa shape index (κ2) is 4.79. The predicted molar refractivity (Wildman–Crippen MR) is 65.0 cm³/mol. The second-order valence-electron chi connectivity index (χ2n) is 3.03. The van der Waals surface area contributed by atoms with Gasteiger partial charge in [-0.1, -0.05) is 29.0 Å². The van der Waals surface area contributed by atoms with Crippen LogP contribution in [0.3, 0.4) is 0 Å². The number of hydrogen-bond donors (Lipinski definition) is 1. The number of nitrogens with zero attached hydrogens (tertiary/aromatic N) is 1. The molecule has 0 amide bonds. The quantitative estimate of drug-likeness (QED) is 0.837. The molecule has 3 nitrogen and oxygen atoms in total. The van der Waals surface area contributed by atoms with Crippen molar-refractivity contribution < 1.29 is 4.74 Å². The van der Waals surface area contributed by atoms with Gasteiger partial charge in [-0.2, -0.15) is 0 Å². The van der Waals surface area contributed by atoms with Crippen LogP contribution in [0.25, 0.3) is 10.2 Å². The molecule has 2 rings (SSSR count). The van der Waals surface area contributed by atoms with Gasteiger partial charge in [-0.3, -0.25) is 0 Å². The van der Waals surface area contributed by atoms with Crippen LogP contribution in [0.1, 0.15) is 0 Å². The Morgan fingerprint density at radius 3 is 3.13 bits per heavy atom. The average molecular weight is 243 g/mol. The minimum absolute atomic E-state index is 0.670. The summed E-state index contributed by atoms with van der Waals surface area (Å²) in [4.78, 5) is 4.41. The number of halogens is 1. The van der Waals surface area contributed by atoms with Crippen LogP contribution in [0.2, 0.25) is 5.02 Å². The molecule has 0 fully saturated rings. The summed E-state index contributed by atoms with van der Waals surface area (Å²) in [5, 5.41) is 4.82. The van der Waals surface area contributed by atoms with E-state index in [1.54, 1.807) is 18.4 Å². The highest BCUT2D eigenvalue weighted by Crippen LogP contribution is 2.31. The molecule has 1 aromatic heterocycles. The van der Waals surface area contributed by atoms with Crippen molar-refractivity contribution in [2.24, 2.45) is 0 Å². The fourth-order valence-electron chi connectivity index (χ4n) is 1.25. The SMILES string of the molecule is COCCNc1nc2cccc(Cl)c2s1. The second-order valence-corrected chi connectivity index (χ2v) is 4.43. The number of nitrogens with one attached hydrogen (secondary N) is 1. The van der Waals surface area contributed by atoms with Gasteiger partial charge in [0.2, 0.25) is 0 Å². The molecule has 15 heavy (non-hydrogen) atoms. The topological polar surface area (TPSA) is 34.1 Å². The minimum Gasteiger partial charge on any atom is -0.383 e. The molecule has 1 N–H and O–H groups in total. The van der Waals surface area contributed by atoms with Gasteiger partial charge >= 0.3 is 0 Å². The van der Waals surface area contributed by atoms with E-state index in [9.17, 15) is 0 Å². The molecule has 1 aromatic carbocycles. The van der Waals surface area contributed by atoms with E-state index < -0.39 is 0 Å². The molecule has 2 aromatic rings. The number of benzene rings is 1. The fourth-order valence-corrected chi connectivity index (χ4v) is 2.43. The highest BCUT2D eigenvalue weighted by Gasteiger charge is 2.05. The Labute approximate surface area is 97.0 Å². The lowest BCUT2D eigenvalue weighted by Crippen LogP contribution is -2.06. The Hall–Kier alpha value is -0.840. The number of thiazole rings is 1. The first-order valence-corrected chi connectivity index (χ1v) is 5.78. The molecule has 1 heterocycles. The van der Waals surface area contributed by atoms with E-state index in [-0.39, 0.29) is 0 Å². The van der Waals surface area contributed by atoms with Gasteiger partial charge in [0.15, 0.2) is 5.13 Å². The summed E-state index contributed by atoms with van der Waals surface area (Å²) in [5.41, 5.74) is 0.937. The molecule has 0 aliphatic rings. The van der Waals surface area contributed by atoms with Gasteiger partial charge in [0.05, 0.1) is 21.8 Å². The lowest BCUT2D eigenvalue weighted by molar-refractivity contribution is 0.211. The molecule has 0 spiro atoms. The summed E-state index contributed by atoms with van der Waals surface area (Å²) < 4.78 is 5.98. The van der Waals surface area contributed by atoms with Gasteiger partial charge in [-0.15, -0.1) is 0 Å². The van der Waals surface area contributed by atoms with Crippen molar-refractivity contribution in [2.45, 2.75) is 0 Å². The molecule has 80 valence electrons. The molecule has 0 radical (unpaired) electrons. The Morgan fingerprint density at radius 2 is 2.40 bits per heavy atom. The van der Waals surface area contributed by atoms with Crippen LogP contribution in [0.4, 0.5) is 5.13 Å². The van der Waals surface area contributed by atoms with Gasteiger partial charge in [0, 0.05) is 13.7 Å². The largest absolute Gasteiger partial charge is 0.383 e. The summed E-state index contributed by atoms with van der Waals surface area (Å²) in [6.07, 6.45) is 0. The lowest BCUT2D eigenvalue weighted by Gasteiger charge is -1.99. The van der Waals surface area contributed by atoms with Crippen LogP contribution in [-0.2, 0) is 4.74 Å². The van der Waals surface area contributed by atoms with E-state index in [1.807, 2.05) is 18.2 Å². The summed E-state index contributed by atoms with van der Waals surface area (Å²) in [7, 11) is 1.68. The van der Waals surface area contributed by atoms with Crippen LogP contribution >= 0.6 is 22.9 Å². The Kier molecular flexibility index (Phi) is 3.41. The summed E-state index contributed by atoms with van der Waals surface area (Å²) in [6.45, 7) is 1.43. The summed E-state index contributed by atoms with van der Waals surface area (Å²) in [5.74, 6) is 0. The van der Waals surface area contributed by atoms with E-state index in [2.05, 4.69) is 10.3 Å². The number of ether oxygens (including phenoxy) is 1. The number of aromatic nitrogens is 1. The molecule has 0 aliphatic carbocycles. The summed E-state index contributed by atoms with van der Waals surface area (Å²) in [6, 6.07) is 5.74. The van der Waals surface area contributed by atoms with Crippen molar-refractivity contribution in [1.29, 1.82) is 0 Å². The first-order valence-electron chi connectivity index (χ1n) is 4.59. The van der Waals surface area contributed by atoms with Crippen molar-refractivity contribution in [3.05, 3.63) is 23.2 Å². The van der Waals surface area contributed by atoms with Gasteiger partial charge in [-0.25, -0.2) is 4.98 Å². The van der Waals surface area contributed by atoms with Gasteiger partial charge in [0.1, 0.15) is 0 Å². The third kappa shape index (κ3) is 2.40. The number of rotatable bonds is 4. The monoisotopic (exact) mass is 242 g/mol. The van der Waals surface area contributed by atoms with Crippen LogP contribution in [-0.4, -0.2) is 25.2 Å². The van der Waals surface area contributed by atoms with Crippen molar-refractivity contribution in [3.63, 3.8) is 0 Å². The third-order valence-electron chi connectivity index (χ3n) is 1.95. The number of fused-ring (bicyclic) bond motifs is 1. The van der Waals surface area contributed by atoms with Crippen molar-refractivity contribution >= 4 is 38.3 Å². The molecule has 0 saturated heterocycles. The highest BCUT2D eigenvalue weighted by atomic mass is 35.5. The predicted octanol–water partition coefficient (Wildman–Crippen LogP) is 3.01. The Bertz CT molecular complexity index is 458. The van der Waals surface area contributed by atoms with Crippen LogP contribution in [0.15, 0.2) is 18.2 Å². The number of hydrogen-bond acceptors (Lipinski definition) is 4. The molecule has 0 aliphatic heterocycles. The van der Waals surface area contributed by atoms with Crippen molar-refractivity contribution in [3.8, 4) is 0 Å². The maximum Gasteiger partial charge on any atom is 0.183 e.